The van der Waals surface area contributed by atoms with Crippen LogP contribution in [-0.4, -0.2) is 60.0 Å². The van der Waals surface area contributed by atoms with Crippen LogP contribution in [0, 0.1) is 17.6 Å². The molecule has 3 unspecified atom stereocenters. The van der Waals surface area contributed by atoms with Crippen LogP contribution in [0.3, 0.4) is 0 Å². The van der Waals surface area contributed by atoms with Gasteiger partial charge in [0.2, 0.25) is 11.8 Å². The number of carbonyl (C=O) groups is 1. The molecular weight excluding hydrogens is 520 g/mol. The van der Waals surface area contributed by atoms with Crippen molar-refractivity contribution in [3.63, 3.8) is 0 Å². The van der Waals surface area contributed by atoms with Gasteiger partial charge in [0, 0.05) is 42.6 Å². The number of carbonyl (C=O) groups excluding carboxylic acids is 1. The van der Waals surface area contributed by atoms with E-state index >= 15 is 4.39 Å². The summed E-state index contributed by atoms with van der Waals surface area (Å²) in [6.45, 7) is 2.09. The number of benzene rings is 2. The third kappa shape index (κ3) is 6.37. The fourth-order valence-corrected chi connectivity index (χ4v) is 7.16. The number of halogens is 4. The van der Waals surface area contributed by atoms with Crippen molar-refractivity contribution in [1.29, 1.82) is 0 Å². The number of nitrogens with one attached hydrogen (secondary N) is 1. The number of hydrogen-bond acceptors (Lipinski definition) is 4. The van der Waals surface area contributed by atoms with Gasteiger partial charge in [-0.3, -0.25) is 14.6 Å². The predicted molar refractivity (Wildman–Crippen MR) is 148 cm³/mol. The Kier molecular flexibility index (Phi) is 8.83. The number of anilines is 1. The van der Waals surface area contributed by atoms with Crippen LogP contribution >= 0.6 is 0 Å². The molecule has 6 rings (SSSR count). The van der Waals surface area contributed by atoms with Crippen LogP contribution in [0.4, 0.5) is 23.2 Å². The highest BCUT2D eigenvalue weighted by Gasteiger charge is 2.41. The van der Waals surface area contributed by atoms with Gasteiger partial charge < -0.3 is 11.1 Å². The smallest absolute Gasteiger partial charge is 0.248 e. The topological polar surface area (TPSA) is 61.6 Å². The number of alkyl halides is 2. The number of nitrogens with zero attached hydrogens (tertiary/aromatic N) is 2. The summed E-state index contributed by atoms with van der Waals surface area (Å²) in [5.74, 6) is -4.87. The summed E-state index contributed by atoms with van der Waals surface area (Å²) in [5.41, 5.74) is 7.99. The maximum atomic E-state index is 15.1. The Morgan fingerprint density at radius 1 is 1.05 bits per heavy atom. The van der Waals surface area contributed by atoms with E-state index in [9.17, 15) is 18.0 Å². The number of amides is 1. The van der Waals surface area contributed by atoms with Gasteiger partial charge in [-0.2, -0.15) is 0 Å². The van der Waals surface area contributed by atoms with Gasteiger partial charge in [-0.1, -0.05) is 18.2 Å². The third-order valence-electron chi connectivity index (χ3n) is 9.44. The summed E-state index contributed by atoms with van der Waals surface area (Å²) in [6, 6.07) is 9.84. The van der Waals surface area contributed by atoms with E-state index in [0.29, 0.717) is 29.3 Å². The maximum absolute atomic E-state index is 15.1. The van der Waals surface area contributed by atoms with Crippen molar-refractivity contribution in [3.05, 3.63) is 65.2 Å². The molecule has 4 fully saturated rings. The summed E-state index contributed by atoms with van der Waals surface area (Å²) < 4.78 is 56.7. The molecule has 1 amide bonds. The van der Waals surface area contributed by atoms with Gasteiger partial charge >= 0.3 is 0 Å². The van der Waals surface area contributed by atoms with Crippen molar-refractivity contribution in [2.24, 2.45) is 11.7 Å². The van der Waals surface area contributed by atoms with E-state index in [2.05, 4.69) is 22.2 Å². The first-order valence-electron chi connectivity index (χ1n) is 14.6. The Hall–Kier alpha value is -2.49. The molecule has 0 radical (unpaired) electrons. The molecule has 3 saturated heterocycles. The summed E-state index contributed by atoms with van der Waals surface area (Å²) in [5, 5.41) is 2.86. The number of rotatable bonds is 8. The van der Waals surface area contributed by atoms with E-state index in [-0.39, 0.29) is 43.6 Å². The van der Waals surface area contributed by atoms with E-state index in [1.807, 2.05) is 0 Å². The molecule has 3 N–H and O–H groups in total. The molecule has 5 atom stereocenters. The second-order valence-corrected chi connectivity index (χ2v) is 11.9. The monoisotopic (exact) mass is 560 g/mol. The Morgan fingerprint density at radius 2 is 1.77 bits per heavy atom. The molecular formula is C31H40F4N4O. The van der Waals surface area contributed by atoms with Crippen molar-refractivity contribution >= 4 is 11.6 Å². The first-order valence-corrected chi connectivity index (χ1v) is 14.6. The molecule has 218 valence electrons. The number of fused-ring (bicyclic) bond motifs is 4. The predicted octanol–water partition coefficient (Wildman–Crippen LogP) is 5.90. The van der Waals surface area contributed by atoms with Crippen LogP contribution in [0.2, 0.25) is 0 Å². The second-order valence-electron chi connectivity index (χ2n) is 11.9. The van der Waals surface area contributed by atoms with Gasteiger partial charge in [-0.15, -0.1) is 0 Å². The largest absolute Gasteiger partial charge is 0.324 e. The van der Waals surface area contributed by atoms with Crippen molar-refractivity contribution in [2.45, 2.75) is 87.9 Å². The second kappa shape index (κ2) is 12.2. The molecule has 0 spiro atoms. The van der Waals surface area contributed by atoms with E-state index in [0.717, 1.165) is 32.4 Å². The average molecular weight is 561 g/mol. The summed E-state index contributed by atoms with van der Waals surface area (Å²) in [4.78, 5) is 18.4. The Bertz CT molecular complexity index is 1160. The average Bonchev–Trinajstić information content (AvgIpc) is 3.25. The standard InChI is InChI=1S/C31H40F4N4O/c1-38-23-4-3-18-39(19-15-23)27(38)12-11-24-25(33)5-2-6-26(24)37-30(40)29(36)28(20-7-9-22(32)10-8-20)21-13-16-31(34,35)17-14-21/h2,5-10,21,23,27-29H,3-4,11-19,36H2,1H3,(H,37,40)/t23?,27?,28-,29+/m1/s1. The number of nitrogens with two attached hydrogens (primary N) is 1. The quantitative estimate of drug-likeness (QED) is 0.395. The van der Waals surface area contributed by atoms with Gasteiger partial charge in [0.1, 0.15) is 11.6 Å². The Balaban J connectivity index is 1.33. The molecule has 2 aromatic carbocycles. The molecule has 1 aliphatic carbocycles. The lowest BCUT2D eigenvalue weighted by molar-refractivity contribution is -0.118. The molecule has 1 saturated carbocycles. The van der Waals surface area contributed by atoms with E-state index in [4.69, 9.17) is 5.73 Å². The minimum Gasteiger partial charge on any atom is -0.324 e. The lowest BCUT2D eigenvalue weighted by atomic mass is 9.72. The molecule has 40 heavy (non-hydrogen) atoms. The molecule has 2 bridgehead atoms. The first kappa shape index (κ1) is 29.0. The zero-order chi connectivity index (χ0) is 28.4. The summed E-state index contributed by atoms with van der Waals surface area (Å²) in [6.07, 6.45) is 4.79. The molecule has 0 aromatic heterocycles. The lowest BCUT2D eigenvalue weighted by Gasteiger charge is -2.44. The van der Waals surface area contributed by atoms with E-state index in [1.165, 1.54) is 24.6 Å². The fourth-order valence-electron chi connectivity index (χ4n) is 7.16. The molecule has 5 nitrogen and oxygen atoms in total. The summed E-state index contributed by atoms with van der Waals surface area (Å²) in [7, 11) is 2.15. The zero-order valence-corrected chi connectivity index (χ0v) is 23.1. The highest BCUT2D eigenvalue weighted by Crippen LogP contribution is 2.43. The molecule has 4 aliphatic rings. The van der Waals surface area contributed by atoms with Crippen LogP contribution in [0.25, 0.3) is 0 Å². The Labute approximate surface area is 234 Å². The van der Waals surface area contributed by atoms with Crippen molar-refractivity contribution in [2.75, 3.05) is 25.5 Å². The fraction of sp³-hybridized carbons (Fsp3) is 0.581. The van der Waals surface area contributed by atoms with Crippen LogP contribution < -0.4 is 11.1 Å². The van der Waals surface area contributed by atoms with Gasteiger partial charge in [0.25, 0.3) is 0 Å². The first-order chi connectivity index (χ1) is 19.1. The van der Waals surface area contributed by atoms with Gasteiger partial charge in [0.05, 0.1) is 12.2 Å². The normalized spacial score (nSPS) is 26.7. The van der Waals surface area contributed by atoms with Crippen molar-refractivity contribution < 1.29 is 22.4 Å². The minimum atomic E-state index is -2.73. The maximum Gasteiger partial charge on any atom is 0.248 e. The third-order valence-corrected chi connectivity index (χ3v) is 9.44. The van der Waals surface area contributed by atoms with Gasteiger partial charge in [-0.05, 0) is 94.3 Å². The lowest BCUT2D eigenvalue weighted by Crippen LogP contribution is -2.54. The van der Waals surface area contributed by atoms with Crippen LogP contribution in [-0.2, 0) is 11.2 Å². The Morgan fingerprint density at radius 3 is 2.50 bits per heavy atom. The molecule has 9 heteroatoms. The number of hydrogen-bond donors (Lipinski definition) is 2. The van der Waals surface area contributed by atoms with Crippen LogP contribution in [0.5, 0.6) is 0 Å². The van der Waals surface area contributed by atoms with E-state index in [1.54, 1.807) is 24.3 Å². The van der Waals surface area contributed by atoms with Crippen molar-refractivity contribution in [3.8, 4) is 0 Å². The van der Waals surface area contributed by atoms with Crippen LogP contribution in [0.1, 0.15) is 68.4 Å². The highest BCUT2D eigenvalue weighted by atomic mass is 19.3. The van der Waals surface area contributed by atoms with Gasteiger partial charge in [-0.25, -0.2) is 17.6 Å². The summed E-state index contributed by atoms with van der Waals surface area (Å²) >= 11 is 0. The van der Waals surface area contributed by atoms with Crippen molar-refractivity contribution in [1.82, 2.24) is 9.80 Å². The molecule has 3 heterocycles. The minimum absolute atomic E-state index is 0.216. The molecule has 3 aliphatic heterocycles. The van der Waals surface area contributed by atoms with Gasteiger partial charge in [0.15, 0.2) is 0 Å². The highest BCUT2D eigenvalue weighted by molar-refractivity contribution is 5.96. The zero-order valence-electron chi connectivity index (χ0n) is 23.1. The van der Waals surface area contributed by atoms with E-state index < -0.39 is 29.6 Å². The van der Waals surface area contributed by atoms with Crippen LogP contribution in [0.15, 0.2) is 42.5 Å². The SMILES string of the molecule is CN1C2CCCN(CC2)C1CCc1c(F)cccc1NC(=O)[C@@H](N)[C@H](c1ccc(F)cc1)C1CCC(F)(F)CC1. The molecule has 2 aromatic rings.